The van der Waals surface area contributed by atoms with Crippen LogP contribution in [0.25, 0.3) is 11.1 Å². The Kier molecular flexibility index (Phi) is 1.77. The van der Waals surface area contributed by atoms with E-state index in [1.807, 2.05) is 6.20 Å². The van der Waals surface area contributed by atoms with Crippen molar-refractivity contribution in [2.75, 3.05) is 0 Å². The van der Waals surface area contributed by atoms with E-state index in [4.69, 9.17) is 16.6 Å². The fourth-order valence-corrected chi connectivity index (χ4v) is 8.18. The van der Waals surface area contributed by atoms with Gasteiger partial charge in [0, 0.05) is 22.2 Å². The maximum Gasteiger partial charge on any atom is 0.0593 e. The van der Waals surface area contributed by atoms with E-state index in [9.17, 15) is 0 Å². The molecular weight excluding hydrogens is 302 g/mol. The molecule has 114 valence electrons. The van der Waals surface area contributed by atoms with Crippen molar-refractivity contribution in [1.82, 2.24) is 4.98 Å². The Morgan fingerprint density at radius 3 is 2.74 bits per heavy atom. The zero-order valence-electron chi connectivity index (χ0n) is 12.9. The van der Waals surface area contributed by atoms with Gasteiger partial charge in [-0.15, -0.1) is 0 Å². The van der Waals surface area contributed by atoms with Crippen LogP contribution in [-0.2, 0) is 5.41 Å². The van der Waals surface area contributed by atoms with Crippen LogP contribution >= 0.6 is 11.6 Å². The first kappa shape index (κ1) is 12.1. The van der Waals surface area contributed by atoms with E-state index in [0.717, 1.165) is 28.7 Å². The van der Waals surface area contributed by atoms with E-state index >= 15 is 0 Å². The highest BCUT2D eigenvalue weighted by atomic mass is 35.5. The van der Waals surface area contributed by atoms with E-state index in [1.165, 1.54) is 48.1 Å². The van der Waals surface area contributed by atoms with Crippen LogP contribution in [0.5, 0.6) is 0 Å². The molecular formula is C21H18ClN. The minimum atomic E-state index is 0.185. The molecule has 2 aromatic rings. The number of hydrogen-bond acceptors (Lipinski definition) is 1. The van der Waals surface area contributed by atoms with Gasteiger partial charge in [0.05, 0.1) is 5.69 Å². The zero-order valence-corrected chi connectivity index (χ0v) is 13.7. The first-order chi connectivity index (χ1) is 11.3. The number of pyridine rings is 1. The summed E-state index contributed by atoms with van der Waals surface area (Å²) in [6.07, 6.45) is 7.82. The van der Waals surface area contributed by atoms with Gasteiger partial charge in [0.2, 0.25) is 0 Å². The molecule has 2 bridgehead atoms. The third kappa shape index (κ3) is 0.980. The van der Waals surface area contributed by atoms with Gasteiger partial charge in [0.15, 0.2) is 0 Å². The summed E-state index contributed by atoms with van der Waals surface area (Å²) in [6.45, 7) is 0. The van der Waals surface area contributed by atoms with Crippen LogP contribution in [0.2, 0.25) is 5.02 Å². The number of aromatic nitrogens is 1. The Morgan fingerprint density at radius 1 is 1.00 bits per heavy atom. The van der Waals surface area contributed by atoms with Gasteiger partial charge in [-0.25, -0.2) is 0 Å². The summed E-state index contributed by atoms with van der Waals surface area (Å²) >= 11 is 6.45. The highest BCUT2D eigenvalue weighted by molar-refractivity contribution is 6.30. The minimum absolute atomic E-state index is 0.185. The molecule has 4 saturated carbocycles. The van der Waals surface area contributed by atoms with E-state index in [-0.39, 0.29) is 5.41 Å². The van der Waals surface area contributed by atoms with Gasteiger partial charge >= 0.3 is 0 Å². The van der Waals surface area contributed by atoms with Gasteiger partial charge < -0.3 is 0 Å². The fourth-order valence-electron chi connectivity index (χ4n) is 8.01. The lowest BCUT2D eigenvalue weighted by Crippen LogP contribution is -2.65. The molecule has 0 radical (unpaired) electrons. The molecule has 2 spiro atoms. The van der Waals surface area contributed by atoms with E-state index in [2.05, 4.69) is 30.3 Å². The molecule has 0 N–H and O–H groups in total. The monoisotopic (exact) mass is 319 g/mol. The summed E-state index contributed by atoms with van der Waals surface area (Å²) in [4.78, 5) is 4.97. The fraction of sp³-hybridized carbons (Fsp3) is 0.476. The van der Waals surface area contributed by atoms with Crippen LogP contribution < -0.4 is 0 Å². The van der Waals surface area contributed by atoms with Crippen LogP contribution in [0.15, 0.2) is 36.5 Å². The van der Waals surface area contributed by atoms with Gasteiger partial charge in [0.25, 0.3) is 0 Å². The lowest BCUT2D eigenvalue weighted by Gasteiger charge is -2.70. The molecule has 0 saturated heterocycles. The molecule has 1 heterocycles. The van der Waals surface area contributed by atoms with E-state index in [1.54, 1.807) is 0 Å². The molecule has 23 heavy (non-hydrogen) atoms. The SMILES string of the molecule is Clc1ccc2c(c1)C1(c3ncccc3-2)C2CC3CC4CC1C34C2. The molecule has 2 heteroatoms. The van der Waals surface area contributed by atoms with Crippen molar-refractivity contribution in [2.24, 2.45) is 29.1 Å². The molecule has 1 aromatic heterocycles. The second-order valence-electron chi connectivity index (χ2n) is 8.63. The first-order valence-corrected chi connectivity index (χ1v) is 9.40. The Bertz CT molecular complexity index is 904. The van der Waals surface area contributed by atoms with Gasteiger partial charge in [0.1, 0.15) is 0 Å². The molecule has 5 aliphatic rings. The lowest BCUT2D eigenvalue weighted by molar-refractivity contribution is -0.194. The van der Waals surface area contributed by atoms with E-state index in [0.29, 0.717) is 5.41 Å². The van der Waals surface area contributed by atoms with Crippen molar-refractivity contribution in [1.29, 1.82) is 0 Å². The van der Waals surface area contributed by atoms with Crippen molar-refractivity contribution in [2.45, 2.75) is 31.1 Å². The van der Waals surface area contributed by atoms with Gasteiger partial charge in [-0.05, 0) is 84.1 Å². The van der Waals surface area contributed by atoms with Gasteiger partial charge in [-0.1, -0.05) is 23.7 Å². The van der Waals surface area contributed by atoms with Crippen molar-refractivity contribution < 1.29 is 0 Å². The first-order valence-electron chi connectivity index (χ1n) is 9.02. The molecule has 4 fully saturated rings. The Hall–Kier alpha value is -1.34. The number of benzene rings is 1. The van der Waals surface area contributed by atoms with E-state index < -0.39 is 0 Å². The maximum absolute atomic E-state index is 6.45. The van der Waals surface area contributed by atoms with Crippen LogP contribution in [0.4, 0.5) is 0 Å². The molecule has 0 amide bonds. The Labute approximate surface area is 141 Å². The minimum Gasteiger partial charge on any atom is -0.260 e. The number of hydrogen-bond donors (Lipinski definition) is 0. The second kappa shape index (κ2) is 3.37. The average molecular weight is 320 g/mol. The third-order valence-corrected chi connectivity index (χ3v) is 8.77. The normalized spacial score (nSPS) is 46.1. The van der Waals surface area contributed by atoms with Crippen molar-refractivity contribution >= 4 is 11.6 Å². The number of fused-ring (bicyclic) bond motifs is 8. The van der Waals surface area contributed by atoms with Crippen molar-refractivity contribution in [3.63, 3.8) is 0 Å². The molecule has 6 atom stereocenters. The summed E-state index contributed by atoms with van der Waals surface area (Å²) in [7, 11) is 0. The highest BCUT2D eigenvalue weighted by Crippen LogP contribution is 2.87. The molecule has 7 rings (SSSR count). The molecule has 5 aliphatic carbocycles. The molecule has 6 unspecified atom stereocenters. The van der Waals surface area contributed by atoms with Crippen LogP contribution in [0, 0.1) is 29.1 Å². The third-order valence-electron chi connectivity index (χ3n) is 8.54. The summed E-state index contributed by atoms with van der Waals surface area (Å²) in [6, 6.07) is 10.9. The average Bonchev–Trinajstić information content (AvgIpc) is 3.13. The summed E-state index contributed by atoms with van der Waals surface area (Å²) in [5, 5.41) is 0.886. The topological polar surface area (TPSA) is 12.9 Å². The standard InChI is InChI=1S/C21H18ClN/c22-14-3-4-15-16-2-1-5-23-19(16)21(17(15)9-14)13-7-11-6-12-8-18(21)20(11,12)10-13/h1-5,9,11-13,18H,6-8,10H2. The highest BCUT2D eigenvalue weighted by Gasteiger charge is 2.82. The quantitative estimate of drug-likeness (QED) is 0.661. The van der Waals surface area contributed by atoms with Crippen LogP contribution in [0.3, 0.4) is 0 Å². The van der Waals surface area contributed by atoms with Gasteiger partial charge in [-0.2, -0.15) is 0 Å². The largest absolute Gasteiger partial charge is 0.260 e. The molecule has 1 nitrogen and oxygen atoms in total. The zero-order chi connectivity index (χ0) is 15.0. The lowest BCUT2D eigenvalue weighted by atomic mass is 9.34. The maximum atomic E-state index is 6.45. The summed E-state index contributed by atoms with van der Waals surface area (Å²) in [5.74, 6) is 3.67. The van der Waals surface area contributed by atoms with Crippen LogP contribution in [0.1, 0.15) is 36.9 Å². The van der Waals surface area contributed by atoms with Crippen molar-refractivity contribution in [3.8, 4) is 11.1 Å². The molecule has 1 aromatic carbocycles. The Morgan fingerprint density at radius 2 is 1.87 bits per heavy atom. The second-order valence-corrected chi connectivity index (χ2v) is 9.06. The van der Waals surface area contributed by atoms with Gasteiger partial charge in [-0.3, -0.25) is 4.98 Å². The molecule has 0 aliphatic heterocycles. The summed E-state index contributed by atoms with van der Waals surface area (Å²) in [5.41, 5.74) is 6.54. The summed E-state index contributed by atoms with van der Waals surface area (Å²) < 4.78 is 0. The number of nitrogens with zero attached hydrogens (tertiary/aromatic N) is 1. The van der Waals surface area contributed by atoms with Crippen molar-refractivity contribution in [3.05, 3.63) is 52.8 Å². The number of halogens is 1. The smallest absolute Gasteiger partial charge is 0.0593 e. The predicted octanol–water partition coefficient (Wildman–Crippen LogP) is 5.07. The Balaban J connectivity index is 1.59. The number of rotatable bonds is 0. The van der Waals surface area contributed by atoms with Crippen LogP contribution in [-0.4, -0.2) is 4.98 Å². The predicted molar refractivity (Wildman–Crippen MR) is 90.3 cm³/mol.